The lowest BCUT2D eigenvalue weighted by atomic mass is 10.2. The molecule has 164 valence electrons. The van der Waals surface area contributed by atoms with Crippen LogP contribution in [0.4, 0.5) is 15.9 Å². The summed E-state index contributed by atoms with van der Waals surface area (Å²) in [5.41, 5.74) is 8.65. The molecule has 2 aromatic heterocycles. The fraction of sp³-hybridized carbons (Fsp3) is 0.0417. The predicted octanol–water partition coefficient (Wildman–Crippen LogP) is 4.13. The van der Waals surface area contributed by atoms with Crippen LogP contribution in [-0.2, 0) is 0 Å². The number of ether oxygens (including phenoxy) is 1. The minimum absolute atomic E-state index is 0.181. The first kappa shape index (κ1) is 20.3. The van der Waals surface area contributed by atoms with Gasteiger partial charge >= 0.3 is 5.69 Å². The van der Waals surface area contributed by atoms with Gasteiger partial charge in [0.2, 0.25) is 0 Å². The van der Waals surface area contributed by atoms with Crippen molar-refractivity contribution in [3.05, 3.63) is 95.4 Å². The van der Waals surface area contributed by atoms with E-state index in [0.717, 1.165) is 5.69 Å². The Balaban J connectivity index is 1.63. The lowest BCUT2D eigenvalue weighted by Gasteiger charge is -2.08. The SMILES string of the molecule is CNc1cccc(-n2c(=O)n(-c3ccc(Oc4cccc(F)c4)cc3)c3c(N)ncnc32)c1. The monoisotopic (exact) mass is 442 g/mol. The molecule has 8 nitrogen and oxygen atoms in total. The summed E-state index contributed by atoms with van der Waals surface area (Å²) in [4.78, 5) is 22.0. The second kappa shape index (κ2) is 8.12. The van der Waals surface area contributed by atoms with E-state index in [-0.39, 0.29) is 17.3 Å². The summed E-state index contributed by atoms with van der Waals surface area (Å²) < 4.78 is 22.1. The molecule has 0 spiro atoms. The molecule has 0 atom stereocenters. The smallest absolute Gasteiger partial charge is 0.339 e. The highest BCUT2D eigenvalue weighted by Gasteiger charge is 2.20. The molecule has 0 saturated carbocycles. The third-order valence-corrected chi connectivity index (χ3v) is 5.17. The predicted molar refractivity (Wildman–Crippen MR) is 125 cm³/mol. The third-order valence-electron chi connectivity index (χ3n) is 5.17. The zero-order chi connectivity index (χ0) is 22.9. The van der Waals surface area contributed by atoms with E-state index in [0.29, 0.717) is 34.0 Å². The maximum atomic E-state index is 13.6. The van der Waals surface area contributed by atoms with E-state index in [1.807, 2.05) is 24.3 Å². The van der Waals surface area contributed by atoms with Crippen LogP contribution in [0.2, 0.25) is 0 Å². The van der Waals surface area contributed by atoms with Crippen molar-refractivity contribution in [2.75, 3.05) is 18.1 Å². The van der Waals surface area contributed by atoms with Crippen LogP contribution in [0, 0.1) is 5.82 Å². The molecule has 33 heavy (non-hydrogen) atoms. The normalized spacial score (nSPS) is 11.0. The van der Waals surface area contributed by atoms with Crippen LogP contribution in [0.25, 0.3) is 22.5 Å². The second-order valence-electron chi connectivity index (χ2n) is 7.24. The minimum atomic E-state index is -0.388. The van der Waals surface area contributed by atoms with E-state index in [2.05, 4.69) is 15.3 Å². The van der Waals surface area contributed by atoms with E-state index in [9.17, 15) is 9.18 Å². The number of nitrogens with zero attached hydrogens (tertiary/aromatic N) is 4. The Labute approximate surface area is 187 Å². The molecule has 0 aliphatic carbocycles. The molecule has 0 aliphatic heterocycles. The zero-order valence-electron chi connectivity index (χ0n) is 17.6. The minimum Gasteiger partial charge on any atom is -0.457 e. The zero-order valence-corrected chi connectivity index (χ0v) is 17.6. The maximum Gasteiger partial charge on any atom is 0.339 e. The molecule has 9 heteroatoms. The first-order valence-electron chi connectivity index (χ1n) is 10.1. The number of anilines is 2. The molecule has 2 heterocycles. The van der Waals surface area contributed by atoms with Crippen LogP contribution < -0.4 is 21.5 Å². The number of aromatic nitrogens is 4. The Morgan fingerprint density at radius 2 is 1.70 bits per heavy atom. The van der Waals surface area contributed by atoms with E-state index >= 15 is 0 Å². The highest BCUT2D eigenvalue weighted by atomic mass is 19.1. The summed E-state index contributed by atoms with van der Waals surface area (Å²) in [7, 11) is 1.80. The lowest BCUT2D eigenvalue weighted by molar-refractivity contribution is 0.476. The van der Waals surface area contributed by atoms with Crippen LogP contribution in [0.1, 0.15) is 0 Å². The molecule has 0 amide bonds. The highest BCUT2D eigenvalue weighted by Crippen LogP contribution is 2.26. The van der Waals surface area contributed by atoms with Gasteiger partial charge in [-0.3, -0.25) is 4.57 Å². The summed E-state index contributed by atoms with van der Waals surface area (Å²) in [6.07, 6.45) is 1.33. The van der Waals surface area contributed by atoms with Crippen LogP contribution in [0.3, 0.4) is 0 Å². The van der Waals surface area contributed by atoms with Crippen LogP contribution in [0.15, 0.2) is 83.9 Å². The Kier molecular flexibility index (Phi) is 4.98. The Morgan fingerprint density at radius 1 is 0.909 bits per heavy atom. The molecule has 5 rings (SSSR count). The maximum absolute atomic E-state index is 13.6. The van der Waals surface area contributed by atoms with Gasteiger partial charge in [-0.05, 0) is 54.6 Å². The van der Waals surface area contributed by atoms with Gasteiger partial charge in [0.05, 0.1) is 11.4 Å². The van der Waals surface area contributed by atoms with Gasteiger partial charge in [0.1, 0.15) is 29.2 Å². The number of nitrogens with one attached hydrogen (secondary N) is 1. The highest BCUT2D eigenvalue weighted by molar-refractivity contribution is 5.85. The molecule has 0 aliphatic rings. The average molecular weight is 442 g/mol. The Bertz CT molecular complexity index is 1520. The van der Waals surface area contributed by atoms with Crippen molar-refractivity contribution in [3.8, 4) is 22.9 Å². The second-order valence-corrected chi connectivity index (χ2v) is 7.24. The van der Waals surface area contributed by atoms with Crippen molar-refractivity contribution in [3.63, 3.8) is 0 Å². The first-order chi connectivity index (χ1) is 16.0. The van der Waals surface area contributed by atoms with E-state index < -0.39 is 0 Å². The van der Waals surface area contributed by atoms with Gasteiger partial charge in [-0.15, -0.1) is 0 Å². The topological polar surface area (TPSA) is 100.0 Å². The largest absolute Gasteiger partial charge is 0.457 e. The molecule has 0 bridgehead atoms. The number of rotatable bonds is 5. The fourth-order valence-electron chi connectivity index (χ4n) is 3.65. The summed E-state index contributed by atoms with van der Waals surface area (Å²) in [6.45, 7) is 0. The molecule has 5 aromatic rings. The molecule has 0 unspecified atom stereocenters. The Morgan fingerprint density at radius 3 is 2.45 bits per heavy atom. The number of imidazole rings is 1. The lowest BCUT2D eigenvalue weighted by Crippen LogP contribution is -2.22. The summed E-state index contributed by atoms with van der Waals surface area (Å²) in [6, 6.07) is 20.1. The molecular weight excluding hydrogens is 423 g/mol. The van der Waals surface area contributed by atoms with Gasteiger partial charge in [0.25, 0.3) is 0 Å². The summed E-state index contributed by atoms with van der Waals surface area (Å²) >= 11 is 0. The number of nitrogen functional groups attached to an aromatic ring is 1. The molecule has 3 aromatic carbocycles. The summed E-state index contributed by atoms with van der Waals surface area (Å²) in [5.74, 6) is 0.660. The number of benzene rings is 3. The van der Waals surface area contributed by atoms with E-state index in [1.165, 1.54) is 27.6 Å². The molecule has 0 radical (unpaired) electrons. The molecular formula is C24H19FN6O2. The van der Waals surface area contributed by atoms with Crippen molar-refractivity contribution >= 4 is 22.7 Å². The fourth-order valence-corrected chi connectivity index (χ4v) is 3.65. The van der Waals surface area contributed by atoms with Crippen molar-refractivity contribution in [2.24, 2.45) is 0 Å². The standard InChI is InChI=1S/C24H19FN6O2/c1-27-16-5-3-6-18(13-16)31-23-21(22(26)28-14-29-23)30(24(31)32)17-8-10-19(11-9-17)33-20-7-2-4-15(25)12-20/h2-14,27H,1H3,(H2,26,28,29). The van der Waals surface area contributed by atoms with E-state index in [1.54, 1.807) is 43.4 Å². The van der Waals surface area contributed by atoms with Gasteiger partial charge in [-0.1, -0.05) is 12.1 Å². The molecule has 3 N–H and O–H groups in total. The molecule has 0 fully saturated rings. The van der Waals surface area contributed by atoms with Gasteiger partial charge in [0.15, 0.2) is 11.5 Å². The third kappa shape index (κ3) is 3.65. The van der Waals surface area contributed by atoms with Crippen molar-refractivity contribution in [1.29, 1.82) is 0 Å². The number of nitrogens with two attached hydrogens (primary N) is 1. The van der Waals surface area contributed by atoms with E-state index in [4.69, 9.17) is 10.5 Å². The summed E-state index contributed by atoms with van der Waals surface area (Å²) in [5, 5.41) is 3.07. The van der Waals surface area contributed by atoms with Crippen molar-refractivity contribution < 1.29 is 9.13 Å². The van der Waals surface area contributed by atoms with Crippen LogP contribution in [0.5, 0.6) is 11.5 Å². The van der Waals surface area contributed by atoms with Gasteiger partial charge in [-0.2, -0.15) is 0 Å². The average Bonchev–Trinajstić information content (AvgIpc) is 3.13. The molecule has 0 saturated heterocycles. The Hall–Kier alpha value is -4.66. The number of hydrogen-bond donors (Lipinski definition) is 2. The van der Waals surface area contributed by atoms with Gasteiger partial charge in [-0.25, -0.2) is 23.7 Å². The number of halogens is 1. The quantitative estimate of drug-likeness (QED) is 0.425. The number of fused-ring (bicyclic) bond motifs is 1. The first-order valence-corrected chi connectivity index (χ1v) is 10.1. The number of hydrogen-bond acceptors (Lipinski definition) is 6. The van der Waals surface area contributed by atoms with Crippen molar-refractivity contribution in [1.82, 2.24) is 19.1 Å². The van der Waals surface area contributed by atoms with Gasteiger partial charge in [0, 0.05) is 18.8 Å². The van der Waals surface area contributed by atoms with Crippen LogP contribution in [-0.4, -0.2) is 26.1 Å². The van der Waals surface area contributed by atoms with Crippen molar-refractivity contribution in [2.45, 2.75) is 0 Å². The van der Waals surface area contributed by atoms with Gasteiger partial charge < -0.3 is 15.8 Å². The van der Waals surface area contributed by atoms with Crippen LogP contribution >= 0.6 is 0 Å².